The second-order valence-electron chi connectivity index (χ2n) is 8.43. The third-order valence-electron chi connectivity index (χ3n) is 6.29. The molecule has 0 atom stereocenters. The third kappa shape index (κ3) is 5.12. The van der Waals surface area contributed by atoms with E-state index in [1.165, 1.54) is 38.5 Å². The van der Waals surface area contributed by atoms with Crippen LogP contribution < -0.4 is 0 Å². The molecule has 2 fully saturated rings. The fourth-order valence-corrected chi connectivity index (χ4v) is 4.82. The molecule has 162 valence electrons. The molecular weight excluding hydrogens is 382 g/mol. The summed E-state index contributed by atoms with van der Waals surface area (Å²) >= 11 is 0. The van der Waals surface area contributed by atoms with Crippen molar-refractivity contribution in [2.45, 2.75) is 82.8 Å². The van der Waals surface area contributed by atoms with Gasteiger partial charge in [0.15, 0.2) is 6.61 Å². The summed E-state index contributed by atoms with van der Waals surface area (Å²) < 4.78 is 12.7. The number of rotatable bonds is 7. The van der Waals surface area contributed by atoms with Gasteiger partial charge in [0, 0.05) is 24.5 Å². The summed E-state index contributed by atoms with van der Waals surface area (Å²) in [5, 5.41) is 4.12. The molecule has 0 aromatic carbocycles. The maximum atomic E-state index is 13.1. The molecule has 30 heavy (non-hydrogen) atoms. The van der Waals surface area contributed by atoms with E-state index in [1.807, 2.05) is 12.3 Å². The summed E-state index contributed by atoms with van der Waals surface area (Å²) in [5.41, 5.74) is 0. The van der Waals surface area contributed by atoms with E-state index in [0.717, 1.165) is 25.7 Å². The van der Waals surface area contributed by atoms with Gasteiger partial charge in [-0.15, -0.1) is 0 Å². The zero-order valence-corrected chi connectivity index (χ0v) is 17.5. The minimum Gasteiger partial charge on any atom is -0.452 e. The van der Waals surface area contributed by atoms with Crippen molar-refractivity contribution >= 4 is 11.9 Å². The highest BCUT2D eigenvalue weighted by atomic mass is 16.5. The van der Waals surface area contributed by atoms with E-state index in [0.29, 0.717) is 12.3 Å². The molecule has 7 nitrogen and oxygen atoms in total. The van der Waals surface area contributed by atoms with E-state index in [4.69, 9.17) is 9.15 Å². The van der Waals surface area contributed by atoms with Crippen LogP contribution in [-0.4, -0.2) is 45.2 Å². The van der Waals surface area contributed by atoms with Gasteiger partial charge in [0.2, 0.25) is 5.76 Å². The molecule has 0 bridgehead atoms. The number of hydrogen-bond donors (Lipinski definition) is 0. The smallest absolute Gasteiger partial charge is 0.374 e. The highest BCUT2D eigenvalue weighted by Crippen LogP contribution is 2.30. The molecule has 2 aromatic rings. The monoisotopic (exact) mass is 413 g/mol. The fraction of sp³-hybridized carbons (Fsp3) is 0.609. The number of ether oxygens (including phenoxy) is 1. The fourth-order valence-electron chi connectivity index (χ4n) is 4.82. The Morgan fingerprint density at radius 1 is 1.03 bits per heavy atom. The number of amides is 1. The van der Waals surface area contributed by atoms with Crippen molar-refractivity contribution in [2.75, 3.05) is 6.61 Å². The number of aromatic nitrogens is 2. The lowest BCUT2D eigenvalue weighted by Crippen LogP contribution is -2.50. The zero-order valence-electron chi connectivity index (χ0n) is 17.5. The Hall–Kier alpha value is -2.57. The Balaban J connectivity index is 1.35. The van der Waals surface area contributed by atoms with Gasteiger partial charge < -0.3 is 14.1 Å². The predicted octanol–water partition coefficient (Wildman–Crippen LogP) is 4.18. The van der Waals surface area contributed by atoms with Gasteiger partial charge in [-0.3, -0.25) is 9.48 Å². The number of hydrogen-bond acceptors (Lipinski definition) is 5. The first-order valence-corrected chi connectivity index (χ1v) is 11.2. The zero-order chi connectivity index (χ0) is 20.8. The Bertz CT molecular complexity index is 799. The van der Waals surface area contributed by atoms with Gasteiger partial charge in [-0.2, -0.15) is 5.10 Å². The molecule has 0 aliphatic heterocycles. The molecule has 0 saturated heterocycles. The normalized spacial score (nSPS) is 18.3. The lowest BCUT2D eigenvalue weighted by atomic mass is 9.88. The molecule has 2 aromatic heterocycles. The number of carbonyl (C=O) groups excluding carboxylic acids is 2. The summed E-state index contributed by atoms with van der Waals surface area (Å²) in [6, 6.07) is 5.73. The van der Waals surface area contributed by atoms with Crippen molar-refractivity contribution in [2.24, 2.45) is 0 Å². The number of furan rings is 1. The van der Waals surface area contributed by atoms with E-state index < -0.39 is 5.97 Å². The standard InChI is InChI=1S/C23H31N3O4/c27-22(26(18-8-3-1-4-9-18)19-10-5-2-6-11-19)17-29-23(28)21-13-12-20(30-21)16-25-15-7-14-24-25/h7,12-15,18-19H,1-6,8-11,16-17H2. The number of carbonyl (C=O) groups is 2. The van der Waals surface area contributed by atoms with Crippen LogP contribution in [0.4, 0.5) is 0 Å². The topological polar surface area (TPSA) is 77.6 Å². The van der Waals surface area contributed by atoms with E-state index >= 15 is 0 Å². The Morgan fingerprint density at radius 3 is 2.30 bits per heavy atom. The van der Waals surface area contributed by atoms with E-state index in [1.54, 1.807) is 23.0 Å². The highest BCUT2D eigenvalue weighted by molar-refractivity contribution is 5.89. The highest BCUT2D eigenvalue weighted by Gasteiger charge is 2.33. The van der Waals surface area contributed by atoms with Gasteiger partial charge in [0.1, 0.15) is 5.76 Å². The van der Waals surface area contributed by atoms with Crippen LogP contribution >= 0.6 is 0 Å². The largest absolute Gasteiger partial charge is 0.452 e. The van der Waals surface area contributed by atoms with Crippen molar-refractivity contribution in [1.82, 2.24) is 14.7 Å². The van der Waals surface area contributed by atoms with E-state index in [2.05, 4.69) is 10.00 Å². The average Bonchev–Trinajstić information content (AvgIpc) is 3.46. The molecule has 4 rings (SSSR count). The first-order chi connectivity index (χ1) is 14.7. The molecule has 2 saturated carbocycles. The predicted molar refractivity (Wildman–Crippen MR) is 111 cm³/mol. The van der Waals surface area contributed by atoms with E-state index in [9.17, 15) is 9.59 Å². The maximum absolute atomic E-state index is 13.1. The Labute approximate surface area is 177 Å². The van der Waals surface area contributed by atoms with Gasteiger partial charge >= 0.3 is 5.97 Å². The Morgan fingerprint density at radius 2 is 1.70 bits per heavy atom. The molecule has 2 aliphatic rings. The van der Waals surface area contributed by atoms with Gasteiger partial charge in [-0.05, 0) is 43.9 Å². The molecule has 0 radical (unpaired) electrons. The van der Waals surface area contributed by atoms with Crippen LogP contribution in [0.3, 0.4) is 0 Å². The van der Waals surface area contributed by atoms with Crippen LogP contribution in [-0.2, 0) is 16.1 Å². The van der Waals surface area contributed by atoms with Crippen LogP contribution in [0.25, 0.3) is 0 Å². The second kappa shape index (κ2) is 9.96. The Kier molecular flexibility index (Phi) is 6.87. The quantitative estimate of drug-likeness (QED) is 0.637. The van der Waals surface area contributed by atoms with Crippen LogP contribution in [0.15, 0.2) is 35.0 Å². The number of esters is 1. The first-order valence-electron chi connectivity index (χ1n) is 11.2. The number of nitrogens with zero attached hydrogens (tertiary/aromatic N) is 3. The van der Waals surface area contributed by atoms with Gasteiger partial charge in [-0.25, -0.2) is 4.79 Å². The summed E-state index contributed by atoms with van der Waals surface area (Å²) in [5.74, 6) is 0.0719. The third-order valence-corrected chi connectivity index (χ3v) is 6.29. The van der Waals surface area contributed by atoms with Crippen molar-refractivity contribution in [3.8, 4) is 0 Å². The van der Waals surface area contributed by atoms with Crippen LogP contribution in [0.2, 0.25) is 0 Å². The second-order valence-corrected chi connectivity index (χ2v) is 8.43. The molecule has 0 spiro atoms. The minimum atomic E-state index is -0.595. The molecule has 1 amide bonds. The SMILES string of the molecule is O=C(OCC(=O)N(C1CCCCC1)C1CCCCC1)c1ccc(Cn2cccn2)o1. The summed E-state index contributed by atoms with van der Waals surface area (Å²) in [7, 11) is 0. The van der Waals surface area contributed by atoms with Gasteiger partial charge in [-0.1, -0.05) is 38.5 Å². The lowest BCUT2D eigenvalue weighted by Gasteiger charge is -2.41. The maximum Gasteiger partial charge on any atom is 0.374 e. The van der Waals surface area contributed by atoms with Gasteiger partial charge in [0.25, 0.3) is 5.91 Å². The van der Waals surface area contributed by atoms with Crippen LogP contribution in [0.5, 0.6) is 0 Å². The molecule has 0 N–H and O–H groups in total. The van der Waals surface area contributed by atoms with Gasteiger partial charge in [0.05, 0.1) is 6.54 Å². The van der Waals surface area contributed by atoms with Crippen molar-refractivity contribution in [3.05, 3.63) is 42.1 Å². The van der Waals surface area contributed by atoms with Crippen LogP contribution in [0, 0.1) is 0 Å². The molecule has 0 unspecified atom stereocenters. The van der Waals surface area contributed by atoms with Crippen LogP contribution in [0.1, 0.15) is 80.5 Å². The molecule has 2 aliphatic carbocycles. The summed E-state index contributed by atoms with van der Waals surface area (Å²) in [4.78, 5) is 27.6. The first kappa shape index (κ1) is 20.7. The summed E-state index contributed by atoms with van der Waals surface area (Å²) in [6.07, 6.45) is 14.9. The van der Waals surface area contributed by atoms with Crippen molar-refractivity contribution in [1.29, 1.82) is 0 Å². The minimum absolute atomic E-state index is 0.0644. The van der Waals surface area contributed by atoms with Crippen molar-refractivity contribution < 1.29 is 18.7 Å². The van der Waals surface area contributed by atoms with Crippen molar-refractivity contribution in [3.63, 3.8) is 0 Å². The molecular formula is C23H31N3O4. The molecule has 7 heteroatoms. The summed E-state index contributed by atoms with van der Waals surface area (Å²) in [6.45, 7) is 0.220. The molecule has 2 heterocycles. The lowest BCUT2D eigenvalue weighted by molar-refractivity contribution is -0.141. The van der Waals surface area contributed by atoms with E-state index in [-0.39, 0.29) is 30.4 Å². The average molecular weight is 414 g/mol.